The molecule has 0 saturated carbocycles. The van der Waals surface area contributed by atoms with E-state index in [1.54, 1.807) is 0 Å². The second-order valence-corrected chi connectivity index (χ2v) is 3.36. The summed E-state index contributed by atoms with van der Waals surface area (Å²) in [4.78, 5) is 3.62. The molecule has 0 aliphatic rings. The first kappa shape index (κ1) is 10.9. The van der Waals surface area contributed by atoms with Gasteiger partial charge in [-0.1, -0.05) is 13.8 Å². The van der Waals surface area contributed by atoms with Crippen molar-refractivity contribution in [3.8, 4) is 5.88 Å². The molecule has 1 aromatic heterocycles. The fourth-order valence-electron chi connectivity index (χ4n) is 1.11. The smallest absolute Gasteiger partial charge is 0.237 e. The minimum Gasteiger partial charge on any atom is -0.444 e. The zero-order chi connectivity index (χ0) is 10.7. The average Bonchev–Trinajstić information content (AvgIpc) is 2.07. The first-order valence-electron chi connectivity index (χ1n) is 4.47. The molecule has 4 heteroatoms. The minimum atomic E-state index is -1.44. The summed E-state index contributed by atoms with van der Waals surface area (Å²) in [6.45, 7) is 4.95. The lowest BCUT2D eigenvalue weighted by atomic mass is 10.0. The average molecular weight is 201 g/mol. The van der Waals surface area contributed by atoms with Crippen molar-refractivity contribution < 1.29 is 13.5 Å². The van der Waals surface area contributed by atoms with Crippen molar-refractivity contribution in [2.45, 2.75) is 33.0 Å². The molecule has 0 aliphatic heterocycles. The Labute approximate surface area is 81.9 Å². The zero-order valence-corrected chi connectivity index (χ0v) is 8.42. The highest BCUT2D eigenvalue weighted by molar-refractivity contribution is 5.24. The van der Waals surface area contributed by atoms with Gasteiger partial charge in [-0.25, -0.2) is 13.8 Å². The van der Waals surface area contributed by atoms with Crippen LogP contribution in [0.25, 0.3) is 0 Å². The van der Waals surface area contributed by atoms with E-state index in [1.807, 2.05) is 13.8 Å². The summed E-state index contributed by atoms with van der Waals surface area (Å²) >= 11 is 0. The summed E-state index contributed by atoms with van der Waals surface area (Å²) in [7, 11) is 0. The van der Waals surface area contributed by atoms with Crippen LogP contribution in [0.3, 0.4) is 0 Å². The molecule has 14 heavy (non-hydrogen) atoms. The number of alkyl halides is 1. The first-order valence-corrected chi connectivity index (χ1v) is 4.47. The molecule has 0 amide bonds. The van der Waals surface area contributed by atoms with Crippen molar-refractivity contribution in [1.29, 1.82) is 0 Å². The Morgan fingerprint density at radius 1 is 1.36 bits per heavy atom. The maximum Gasteiger partial charge on any atom is 0.237 e. The summed E-state index contributed by atoms with van der Waals surface area (Å²) in [6, 6.07) is 1.43. The summed E-state index contributed by atoms with van der Waals surface area (Å²) in [5.41, 5.74) is 0.482. The summed E-state index contributed by atoms with van der Waals surface area (Å²) in [5, 5.41) is 0. The predicted molar refractivity (Wildman–Crippen MR) is 49.5 cm³/mol. The third-order valence-corrected chi connectivity index (χ3v) is 1.77. The highest BCUT2D eigenvalue weighted by atomic mass is 19.1. The van der Waals surface area contributed by atoms with Crippen molar-refractivity contribution in [1.82, 2.24) is 4.98 Å². The second kappa shape index (κ2) is 4.35. The number of halogens is 2. The van der Waals surface area contributed by atoms with E-state index in [2.05, 4.69) is 4.98 Å². The lowest BCUT2D eigenvalue weighted by Crippen LogP contribution is -2.06. The molecule has 0 radical (unpaired) electrons. The van der Waals surface area contributed by atoms with E-state index in [9.17, 15) is 8.78 Å². The fourth-order valence-corrected chi connectivity index (χ4v) is 1.11. The molecule has 0 N–H and O–H groups in total. The van der Waals surface area contributed by atoms with Crippen molar-refractivity contribution in [3.05, 3.63) is 23.6 Å². The lowest BCUT2D eigenvalue weighted by molar-refractivity contribution is 0.0806. The van der Waals surface area contributed by atoms with Crippen LogP contribution in [-0.4, -0.2) is 11.3 Å². The SMILES string of the molecule is CC(F)Oc1cc(C(C)C)c(F)cn1. The fraction of sp³-hybridized carbons (Fsp3) is 0.500. The Bertz CT molecular complexity index is 313. The van der Waals surface area contributed by atoms with Gasteiger partial charge in [-0.05, 0) is 11.5 Å². The number of hydrogen-bond acceptors (Lipinski definition) is 2. The maximum absolute atomic E-state index is 13.1. The Kier molecular flexibility index (Phi) is 3.38. The van der Waals surface area contributed by atoms with Crippen molar-refractivity contribution in [2.75, 3.05) is 0 Å². The minimum absolute atomic E-state index is 0.0234. The van der Waals surface area contributed by atoms with E-state index in [0.29, 0.717) is 5.56 Å². The number of aromatic nitrogens is 1. The summed E-state index contributed by atoms with van der Waals surface area (Å²) in [5.74, 6) is -0.251. The second-order valence-electron chi connectivity index (χ2n) is 3.36. The third-order valence-electron chi connectivity index (χ3n) is 1.77. The highest BCUT2D eigenvalue weighted by Gasteiger charge is 2.10. The first-order chi connectivity index (χ1) is 6.50. The largest absolute Gasteiger partial charge is 0.444 e. The normalized spacial score (nSPS) is 13.0. The molecule has 2 nitrogen and oxygen atoms in total. The zero-order valence-electron chi connectivity index (χ0n) is 8.42. The maximum atomic E-state index is 13.1. The van der Waals surface area contributed by atoms with Crippen LogP contribution in [0.2, 0.25) is 0 Å². The van der Waals surface area contributed by atoms with Gasteiger partial charge in [-0.3, -0.25) is 0 Å². The van der Waals surface area contributed by atoms with Crippen LogP contribution in [0.4, 0.5) is 8.78 Å². The molecule has 0 bridgehead atoms. The van der Waals surface area contributed by atoms with Gasteiger partial charge < -0.3 is 4.74 Å². The molecule has 0 saturated heterocycles. The molecular formula is C10H13F2NO. The Hall–Kier alpha value is -1.19. The van der Waals surface area contributed by atoms with Crippen LogP contribution in [-0.2, 0) is 0 Å². The standard InChI is InChI=1S/C10H13F2NO/c1-6(2)8-4-10(14-7(3)11)13-5-9(8)12/h4-7H,1-3H3. The molecule has 0 spiro atoms. The van der Waals surface area contributed by atoms with E-state index >= 15 is 0 Å². The number of hydrogen-bond donors (Lipinski definition) is 0. The van der Waals surface area contributed by atoms with Gasteiger partial charge in [0.05, 0.1) is 6.20 Å². The van der Waals surface area contributed by atoms with Crippen molar-refractivity contribution in [2.24, 2.45) is 0 Å². The van der Waals surface area contributed by atoms with Crippen LogP contribution in [0.15, 0.2) is 12.3 Å². The third kappa shape index (κ3) is 2.65. The molecule has 0 aliphatic carbocycles. The van der Waals surface area contributed by atoms with Crippen LogP contribution in [0.5, 0.6) is 5.88 Å². The summed E-state index contributed by atoms with van der Waals surface area (Å²) in [6.07, 6.45) is -0.388. The van der Waals surface area contributed by atoms with E-state index < -0.39 is 6.36 Å². The number of nitrogens with zero attached hydrogens (tertiary/aromatic N) is 1. The summed E-state index contributed by atoms with van der Waals surface area (Å²) < 4.78 is 30.3. The molecule has 1 atom stereocenters. The number of rotatable bonds is 3. The lowest BCUT2D eigenvalue weighted by Gasteiger charge is -2.10. The quantitative estimate of drug-likeness (QED) is 0.749. The van der Waals surface area contributed by atoms with Crippen LogP contribution >= 0.6 is 0 Å². The molecular weight excluding hydrogens is 188 g/mol. The van der Waals surface area contributed by atoms with Gasteiger partial charge in [0.2, 0.25) is 12.2 Å². The molecule has 1 rings (SSSR count). The van der Waals surface area contributed by atoms with E-state index in [1.165, 1.54) is 13.0 Å². The Morgan fingerprint density at radius 3 is 2.50 bits per heavy atom. The van der Waals surface area contributed by atoms with Crippen LogP contribution in [0, 0.1) is 5.82 Å². The monoisotopic (exact) mass is 201 g/mol. The van der Waals surface area contributed by atoms with Crippen molar-refractivity contribution >= 4 is 0 Å². The highest BCUT2D eigenvalue weighted by Crippen LogP contribution is 2.21. The van der Waals surface area contributed by atoms with Gasteiger partial charge in [0.15, 0.2) is 0 Å². The molecule has 0 aromatic carbocycles. The van der Waals surface area contributed by atoms with Gasteiger partial charge in [-0.15, -0.1) is 0 Å². The Balaban J connectivity index is 2.94. The van der Waals surface area contributed by atoms with Gasteiger partial charge in [0, 0.05) is 13.0 Å². The van der Waals surface area contributed by atoms with Gasteiger partial charge in [0.1, 0.15) is 5.82 Å². The van der Waals surface area contributed by atoms with E-state index in [-0.39, 0.29) is 17.6 Å². The molecule has 1 heterocycles. The van der Waals surface area contributed by atoms with Crippen molar-refractivity contribution in [3.63, 3.8) is 0 Å². The van der Waals surface area contributed by atoms with E-state index in [0.717, 1.165) is 6.20 Å². The molecule has 1 unspecified atom stereocenters. The topological polar surface area (TPSA) is 22.1 Å². The Morgan fingerprint density at radius 2 is 2.00 bits per heavy atom. The van der Waals surface area contributed by atoms with Gasteiger partial charge in [-0.2, -0.15) is 0 Å². The molecule has 0 fully saturated rings. The molecule has 1 aromatic rings. The number of pyridine rings is 1. The van der Waals surface area contributed by atoms with Gasteiger partial charge in [0.25, 0.3) is 0 Å². The van der Waals surface area contributed by atoms with Crippen LogP contribution in [0.1, 0.15) is 32.3 Å². The predicted octanol–water partition coefficient (Wildman–Crippen LogP) is 3.04. The number of ether oxygens (including phenoxy) is 1. The molecule has 78 valence electrons. The van der Waals surface area contributed by atoms with E-state index in [4.69, 9.17) is 4.74 Å². The van der Waals surface area contributed by atoms with Crippen LogP contribution < -0.4 is 4.74 Å². The van der Waals surface area contributed by atoms with Gasteiger partial charge >= 0.3 is 0 Å².